The van der Waals surface area contributed by atoms with Gasteiger partial charge in [-0.25, -0.2) is 4.79 Å². The number of anilines is 1. The number of halogens is 1. The van der Waals surface area contributed by atoms with Crippen LogP contribution in [-0.2, 0) is 4.79 Å². The molecule has 0 radical (unpaired) electrons. The van der Waals surface area contributed by atoms with Crippen molar-refractivity contribution in [3.8, 4) is 5.75 Å². The van der Waals surface area contributed by atoms with Crippen molar-refractivity contribution in [3.05, 3.63) is 22.7 Å². The molecule has 0 bridgehead atoms. The number of methoxy groups -OCH3 is 1. The van der Waals surface area contributed by atoms with Crippen LogP contribution in [0.1, 0.15) is 19.3 Å². The summed E-state index contributed by atoms with van der Waals surface area (Å²) in [6.07, 6.45) is 2.08. The Bertz CT molecular complexity index is 558. The highest BCUT2D eigenvalue weighted by Crippen LogP contribution is 2.40. The summed E-state index contributed by atoms with van der Waals surface area (Å²) in [6, 6.07) is 4.80. The van der Waals surface area contributed by atoms with Gasteiger partial charge in [0.15, 0.2) is 0 Å². The molecule has 3 N–H and O–H groups in total. The number of amides is 2. The number of rotatable bonds is 5. The predicted molar refractivity (Wildman–Crippen MR) is 81.6 cm³/mol. The first-order chi connectivity index (χ1) is 9.97. The van der Waals surface area contributed by atoms with Crippen LogP contribution >= 0.6 is 15.9 Å². The molecule has 21 heavy (non-hydrogen) atoms. The molecular formula is C14H17BrN2O4. The van der Waals surface area contributed by atoms with Gasteiger partial charge in [-0.05, 0) is 31.0 Å². The van der Waals surface area contributed by atoms with E-state index in [9.17, 15) is 14.7 Å². The van der Waals surface area contributed by atoms with Crippen molar-refractivity contribution < 1.29 is 19.4 Å². The summed E-state index contributed by atoms with van der Waals surface area (Å²) in [4.78, 5) is 23.1. The first kappa shape index (κ1) is 15.6. The van der Waals surface area contributed by atoms with Gasteiger partial charge >= 0.3 is 12.0 Å². The molecule has 1 saturated carbocycles. The van der Waals surface area contributed by atoms with Crippen LogP contribution in [0.25, 0.3) is 0 Å². The van der Waals surface area contributed by atoms with Gasteiger partial charge in [-0.2, -0.15) is 0 Å². The Labute approximate surface area is 131 Å². The number of urea groups is 1. The number of carboxylic acid groups (broad SMARTS) is 1. The van der Waals surface area contributed by atoms with E-state index in [1.54, 1.807) is 18.2 Å². The van der Waals surface area contributed by atoms with Gasteiger partial charge in [-0.3, -0.25) is 4.79 Å². The highest BCUT2D eigenvalue weighted by Gasteiger charge is 2.44. The Kier molecular flexibility index (Phi) is 4.72. The van der Waals surface area contributed by atoms with Crippen molar-refractivity contribution in [2.24, 2.45) is 5.41 Å². The average molecular weight is 357 g/mol. The molecule has 1 aromatic rings. The monoisotopic (exact) mass is 356 g/mol. The third-order valence-electron chi connectivity index (χ3n) is 3.76. The van der Waals surface area contributed by atoms with E-state index in [1.807, 2.05) is 0 Å². The largest absolute Gasteiger partial charge is 0.495 e. The van der Waals surface area contributed by atoms with Gasteiger partial charge < -0.3 is 20.5 Å². The Morgan fingerprint density at radius 1 is 1.43 bits per heavy atom. The van der Waals surface area contributed by atoms with Crippen LogP contribution in [0.4, 0.5) is 10.5 Å². The molecule has 1 aliphatic rings. The van der Waals surface area contributed by atoms with E-state index in [1.165, 1.54) is 7.11 Å². The molecular weight excluding hydrogens is 340 g/mol. The molecule has 0 saturated heterocycles. The number of hydrogen-bond acceptors (Lipinski definition) is 3. The second-order valence-electron chi connectivity index (χ2n) is 5.09. The Balaban J connectivity index is 1.96. The summed E-state index contributed by atoms with van der Waals surface area (Å²) in [5, 5.41) is 14.5. The molecule has 0 aromatic heterocycles. The first-order valence-electron chi connectivity index (χ1n) is 6.59. The van der Waals surface area contributed by atoms with Crippen LogP contribution in [0.2, 0.25) is 0 Å². The maximum Gasteiger partial charge on any atom is 0.319 e. The number of carbonyl (C=O) groups is 2. The van der Waals surface area contributed by atoms with Crippen molar-refractivity contribution in [1.82, 2.24) is 5.32 Å². The molecule has 0 spiro atoms. The van der Waals surface area contributed by atoms with E-state index in [2.05, 4.69) is 26.6 Å². The molecule has 2 rings (SSSR count). The van der Waals surface area contributed by atoms with Crippen molar-refractivity contribution in [3.63, 3.8) is 0 Å². The minimum Gasteiger partial charge on any atom is -0.495 e. The zero-order valence-electron chi connectivity index (χ0n) is 11.6. The molecule has 7 heteroatoms. The van der Waals surface area contributed by atoms with Gasteiger partial charge in [-0.1, -0.05) is 22.4 Å². The molecule has 2 amide bonds. The average Bonchev–Trinajstić information content (AvgIpc) is 2.37. The van der Waals surface area contributed by atoms with Crippen LogP contribution in [0.3, 0.4) is 0 Å². The summed E-state index contributed by atoms with van der Waals surface area (Å²) in [6.45, 7) is 0.129. The lowest BCUT2D eigenvalue weighted by Gasteiger charge is -2.37. The number of aliphatic carboxylic acids is 1. The lowest BCUT2D eigenvalue weighted by molar-refractivity contribution is -0.153. The number of hydrogen-bond donors (Lipinski definition) is 3. The molecule has 0 atom stereocenters. The van der Waals surface area contributed by atoms with E-state index >= 15 is 0 Å². The van der Waals surface area contributed by atoms with Crippen molar-refractivity contribution in [1.29, 1.82) is 0 Å². The van der Waals surface area contributed by atoms with Crippen molar-refractivity contribution in [2.45, 2.75) is 19.3 Å². The standard InChI is InChI=1S/C14H17BrN2O4/c1-21-11-4-3-9(15)7-10(11)17-13(20)16-8-14(12(18)19)5-2-6-14/h3-4,7H,2,5-6,8H2,1H3,(H,18,19)(H2,16,17,20). The van der Waals surface area contributed by atoms with E-state index in [0.29, 0.717) is 24.3 Å². The van der Waals surface area contributed by atoms with Gasteiger partial charge in [0.05, 0.1) is 18.2 Å². The second-order valence-corrected chi connectivity index (χ2v) is 6.01. The quantitative estimate of drug-likeness (QED) is 0.756. The highest BCUT2D eigenvalue weighted by molar-refractivity contribution is 9.10. The first-order valence-corrected chi connectivity index (χ1v) is 7.38. The van der Waals surface area contributed by atoms with E-state index in [0.717, 1.165) is 10.9 Å². The van der Waals surface area contributed by atoms with Crippen molar-refractivity contribution >= 4 is 33.6 Å². The number of ether oxygens (including phenoxy) is 1. The molecule has 0 aliphatic heterocycles. The number of carboxylic acids is 1. The van der Waals surface area contributed by atoms with Crippen LogP contribution < -0.4 is 15.4 Å². The fraction of sp³-hybridized carbons (Fsp3) is 0.429. The summed E-state index contributed by atoms with van der Waals surface area (Å²) in [7, 11) is 1.51. The van der Waals surface area contributed by atoms with E-state index in [4.69, 9.17) is 4.74 Å². The Morgan fingerprint density at radius 3 is 2.67 bits per heavy atom. The molecule has 1 aliphatic carbocycles. The molecule has 114 valence electrons. The normalized spacial score (nSPS) is 15.7. The number of carbonyl (C=O) groups excluding carboxylic acids is 1. The summed E-state index contributed by atoms with van der Waals surface area (Å²) in [5.74, 6) is -0.320. The molecule has 1 aromatic carbocycles. The molecule has 0 unspecified atom stereocenters. The van der Waals surface area contributed by atoms with Crippen LogP contribution in [0, 0.1) is 5.41 Å². The maximum atomic E-state index is 11.9. The summed E-state index contributed by atoms with van der Waals surface area (Å²) in [5.41, 5.74) is -0.291. The number of nitrogens with one attached hydrogen (secondary N) is 2. The summed E-state index contributed by atoms with van der Waals surface area (Å²) >= 11 is 3.32. The van der Waals surface area contributed by atoms with E-state index in [-0.39, 0.29) is 6.54 Å². The zero-order valence-corrected chi connectivity index (χ0v) is 13.2. The van der Waals surface area contributed by atoms with Crippen LogP contribution in [0.5, 0.6) is 5.75 Å². The lowest BCUT2D eigenvalue weighted by atomic mass is 9.69. The van der Waals surface area contributed by atoms with Gasteiger partial charge in [-0.15, -0.1) is 0 Å². The van der Waals surface area contributed by atoms with Gasteiger partial charge in [0.25, 0.3) is 0 Å². The second kappa shape index (κ2) is 6.34. The lowest BCUT2D eigenvalue weighted by Crippen LogP contribution is -2.48. The SMILES string of the molecule is COc1ccc(Br)cc1NC(=O)NCC1(C(=O)O)CCC1. The fourth-order valence-corrected chi connectivity index (χ4v) is 2.62. The van der Waals surface area contributed by atoms with Gasteiger partial charge in [0.1, 0.15) is 5.75 Å². The minimum absolute atomic E-state index is 0.129. The van der Waals surface area contributed by atoms with Crippen molar-refractivity contribution in [2.75, 3.05) is 19.0 Å². The molecule has 6 nitrogen and oxygen atoms in total. The van der Waals surface area contributed by atoms with Crippen LogP contribution in [-0.4, -0.2) is 30.8 Å². The number of benzene rings is 1. The third kappa shape index (κ3) is 3.47. The maximum absolute atomic E-state index is 11.9. The third-order valence-corrected chi connectivity index (χ3v) is 4.25. The van der Waals surface area contributed by atoms with Gasteiger partial charge in [0.2, 0.25) is 0 Å². The molecule has 0 heterocycles. The van der Waals surface area contributed by atoms with E-state index < -0.39 is 17.4 Å². The highest BCUT2D eigenvalue weighted by atomic mass is 79.9. The topological polar surface area (TPSA) is 87.7 Å². The Hall–Kier alpha value is -1.76. The Morgan fingerprint density at radius 2 is 2.14 bits per heavy atom. The van der Waals surface area contributed by atoms with Gasteiger partial charge in [0, 0.05) is 11.0 Å². The zero-order chi connectivity index (χ0) is 15.5. The smallest absolute Gasteiger partial charge is 0.319 e. The fourth-order valence-electron chi connectivity index (χ4n) is 2.26. The molecule has 1 fully saturated rings. The predicted octanol–water partition coefficient (Wildman–Crippen LogP) is 2.83. The summed E-state index contributed by atoms with van der Waals surface area (Å²) < 4.78 is 5.96. The minimum atomic E-state index is -0.853. The van der Waals surface area contributed by atoms with Crippen LogP contribution in [0.15, 0.2) is 22.7 Å².